The average molecular weight is 256 g/mol. The average Bonchev–Trinajstić information content (AvgIpc) is 2.36. The minimum absolute atomic E-state index is 0.197. The van der Waals surface area contributed by atoms with Gasteiger partial charge in [0.25, 0.3) is 0 Å². The molecular weight excluding hydrogens is 236 g/mol. The fraction of sp³-hybridized carbons (Fsp3) is 0.312. The van der Waals surface area contributed by atoms with Crippen LogP contribution in [0.5, 0.6) is 0 Å². The van der Waals surface area contributed by atoms with Crippen LogP contribution in [-0.2, 0) is 0 Å². The number of carbonyl (C=O) groups excluding carboxylic acids is 1. The summed E-state index contributed by atoms with van der Waals surface area (Å²) < 4.78 is 0. The van der Waals surface area contributed by atoms with Crippen LogP contribution in [0.4, 0.5) is 10.5 Å². The van der Waals surface area contributed by atoms with Crippen LogP contribution in [0, 0.1) is 12.8 Å². The van der Waals surface area contributed by atoms with Crippen molar-refractivity contribution < 1.29 is 4.79 Å². The quantitative estimate of drug-likeness (QED) is 0.825. The highest BCUT2D eigenvalue weighted by molar-refractivity contribution is 5.90. The van der Waals surface area contributed by atoms with Gasteiger partial charge in [-0.25, -0.2) is 4.79 Å². The molecule has 0 aromatic heterocycles. The van der Waals surface area contributed by atoms with Crippen molar-refractivity contribution in [3.05, 3.63) is 53.3 Å². The van der Waals surface area contributed by atoms with E-state index in [0.717, 1.165) is 23.4 Å². The minimum atomic E-state index is -0.197. The minimum Gasteiger partial charge on any atom is -0.308 e. The summed E-state index contributed by atoms with van der Waals surface area (Å²) in [6.45, 7) is 6.21. The summed E-state index contributed by atoms with van der Waals surface area (Å²) in [6, 6.07) is 7.55. The molecule has 0 fully saturated rings. The maximum Gasteiger partial charge on any atom is 0.323 e. The van der Waals surface area contributed by atoms with E-state index in [4.69, 9.17) is 0 Å². The fourth-order valence-electron chi connectivity index (χ4n) is 2.12. The van der Waals surface area contributed by atoms with Crippen LogP contribution in [0.2, 0.25) is 0 Å². The number of aryl methyl sites for hydroxylation is 1. The Morgan fingerprint density at radius 2 is 1.84 bits per heavy atom. The second kappa shape index (κ2) is 5.74. The third-order valence-electron chi connectivity index (χ3n) is 3.21. The number of allylic oxidation sites excluding steroid dienone is 3. The zero-order valence-electron chi connectivity index (χ0n) is 11.7. The first-order valence-electron chi connectivity index (χ1n) is 6.58. The predicted octanol–water partition coefficient (Wildman–Crippen LogP) is 3.99. The number of hydrogen-bond acceptors (Lipinski definition) is 1. The van der Waals surface area contributed by atoms with Crippen molar-refractivity contribution in [1.82, 2.24) is 5.32 Å². The molecule has 3 nitrogen and oxygen atoms in total. The number of hydrogen-bond donors (Lipinski definition) is 2. The molecule has 1 atom stereocenters. The molecule has 19 heavy (non-hydrogen) atoms. The lowest BCUT2D eigenvalue weighted by molar-refractivity contribution is 0.254. The normalized spacial score (nSPS) is 18.4. The molecule has 100 valence electrons. The Hall–Kier alpha value is -2.03. The zero-order chi connectivity index (χ0) is 13.8. The molecule has 0 bridgehead atoms. The van der Waals surface area contributed by atoms with Crippen LogP contribution in [0.15, 0.2) is 47.7 Å². The van der Waals surface area contributed by atoms with Crippen molar-refractivity contribution in [2.45, 2.75) is 27.2 Å². The lowest BCUT2D eigenvalue weighted by Gasteiger charge is -2.18. The highest BCUT2D eigenvalue weighted by Crippen LogP contribution is 2.20. The Balaban J connectivity index is 1.95. The molecule has 0 aliphatic heterocycles. The van der Waals surface area contributed by atoms with Gasteiger partial charge in [-0.05, 0) is 43.9 Å². The number of amides is 2. The van der Waals surface area contributed by atoms with Gasteiger partial charge in [0.05, 0.1) is 0 Å². The Kier molecular flexibility index (Phi) is 4.05. The number of rotatable bonds is 2. The maximum absolute atomic E-state index is 11.9. The van der Waals surface area contributed by atoms with Crippen LogP contribution < -0.4 is 10.6 Å². The van der Waals surface area contributed by atoms with Gasteiger partial charge in [0.1, 0.15) is 0 Å². The molecule has 3 heteroatoms. The van der Waals surface area contributed by atoms with E-state index in [-0.39, 0.29) is 6.03 Å². The smallest absolute Gasteiger partial charge is 0.308 e. The molecular formula is C16H20N2O. The van der Waals surface area contributed by atoms with Crippen molar-refractivity contribution in [3.8, 4) is 0 Å². The molecule has 0 saturated carbocycles. The van der Waals surface area contributed by atoms with E-state index in [2.05, 4.69) is 29.7 Å². The third kappa shape index (κ3) is 3.71. The molecule has 0 heterocycles. The van der Waals surface area contributed by atoms with Crippen molar-refractivity contribution >= 4 is 11.7 Å². The number of anilines is 1. The Labute approximate surface area is 114 Å². The standard InChI is InChI=1S/C16H20N2O/c1-11-4-7-14(8-5-11)17-16(19)18-15-9-6-12(2)10-13(15)3/h4-5,7-10,12H,6H2,1-3H3,(H2,17,18,19). The van der Waals surface area contributed by atoms with Gasteiger partial charge in [0.2, 0.25) is 0 Å². The molecule has 2 amide bonds. The Bertz CT molecular complexity index is 526. The van der Waals surface area contributed by atoms with Gasteiger partial charge in [-0.15, -0.1) is 0 Å². The summed E-state index contributed by atoms with van der Waals surface area (Å²) in [5.74, 6) is 0.547. The monoisotopic (exact) mass is 256 g/mol. The van der Waals surface area contributed by atoms with Crippen LogP contribution in [0.25, 0.3) is 0 Å². The molecule has 1 aliphatic carbocycles. The summed E-state index contributed by atoms with van der Waals surface area (Å²) >= 11 is 0. The summed E-state index contributed by atoms with van der Waals surface area (Å²) in [4.78, 5) is 11.9. The summed E-state index contributed by atoms with van der Waals surface area (Å²) in [5.41, 5.74) is 4.00. The second-order valence-electron chi connectivity index (χ2n) is 5.13. The van der Waals surface area contributed by atoms with Gasteiger partial charge in [-0.2, -0.15) is 0 Å². The topological polar surface area (TPSA) is 41.1 Å². The first kappa shape index (κ1) is 13.4. The van der Waals surface area contributed by atoms with Gasteiger partial charge in [0.15, 0.2) is 0 Å². The van der Waals surface area contributed by atoms with Crippen molar-refractivity contribution in [3.63, 3.8) is 0 Å². The first-order chi connectivity index (χ1) is 9.04. The molecule has 1 aromatic rings. The largest absolute Gasteiger partial charge is 0.323 e. The lowest BCUT2D eigenvalue weighted by Crippen LogP contribution is -2.29. The van der Waals surface area contributed by atoms with Gasteiger partial charge >= 0.3 is 6.03 Å². The summed E-state index contributed by atoms with van der Waals surface area (Å²) in [5, 5.41) is 5.73. The second-order valence-corrected chi connectivity index (χ2v) is 5.13. The van der Waals surface area contributed by atoms with E-state index in [1.807, 2.05) is 38.1 Å². The number of carbonyl (C=O) groups is 1. The molecule has 2 N–H and O–H groups in total. The highest BCUT2D eigenvalue weighted by atomic mass is 16.2. The fourth-order valence-corrected chi connectivity index (χ4v) is 2.12. The highest BCUT2D eigenvalue weighted by Gasteiger charge is 2.11. The van der Waals surface area contributed by atoms with Gasteiger partial charge < -0.3 is 10.6 Å². The van der Waals surface area contributed by atoms with E-state index >= 15 is 0 Å². The Morgan fingerprint density at radius 1 is 1.16 bits per heavy atom. The summed E-state index contributed by atoms with van der Waals surface area (Å²) in [6.07, 6.45) is 5.23. The Morgan fingerprint density at radius 3 is 2.47 bits per heavy atom. The molecule has 0 radical (unpaired) electrons. The van der Waals surface area contributed by atoms with Gasteiger partial charge in [-0.1, -0.05) is 36.8 Å². The third-order valence-corrected chi connectivity index (χ3v) is 3.21. The van der Waals surface area contributed by atoms with E-state index in [0.29, 0.717) is 5.92 Å². The molecule has 0 spiro atoms. The van der Waals surface area contributed by atoms with E-state index in [9.17, 15) is 4.79 Å². The van der Waals surface area contributed by atoms with Crippen molar-refractivity contribution in [2.24, 2.45) is 5.92 Å². The van der Waals surface area contributed by atoms with Crippen molar-refractivity contribution in [1.29, 1.82) is 0 Å². The lowest BCUT2D eigenvalue weighted by atomic mass is 9.96. The van der Waals surface area contributed by atoms with Crippen molar-refractivity contribution in [2.75, 3.05) is 5.32 Å². The number of urea groups is 1. The molecule has 1 aliphatic rings. The van der Waals surface area contributed by atoms with Crippen LogP contribution in [0.1, 0.15) is 25.8 Å². The molecule has 2 rings (SSSR count). The van der Waals surface area contributed by atoms with E-state index < -0.39 is 0 Å². The van der Waals surface area contributed by atoms with Crippen LogP contribution >= 0.6 is 0 Å². The van der Waals surface area contributed by atoms with E-state index in [1.54, 1.807) is 0 Å². The SMILES string of the molecule is CC1=CC(C)CC=C1NC(=O)Nc1ccc(C)cc1. The molecule has 1 aromatic carbocycles. The summed E-state index contributed by atoms with van der Waals surface area (Å²) in [7, 11) is 0. The molecule has 1 unspecified atom stereocenters. The van der Waals surface area contributed by atoms with E-state index in [1.165, 1.54) is 5.56 Å². The zero-order valence-corrected chi connectivity index (χ0v) is 11.7. The predicted molar refractivity (Wildman–Crippen MR) is 79.0 cm³/mol. The first-order valence-corrected chi connectivity index (χ1v) is 6.58. The molecule has 0 saturated heterocycles. The van der Waals surface area contributed by atoms with Gasteiger partial charge in [0, 0.05) is 11.4 Å². The number of nitrogens with one attached hydrogen (secondary N) is 2. The maximum atomic E-state index is 11.9. The van der Waals surface area contributed by atoms with Crippen LogP contribution in [0.3, 0.4) is 0 Å². The number of benzene rings is 1. The van der Waals surface area contributed by atoms with Crippen LogP contribution in [-0.4, -0.2) is 6.03 Å². The van der Waals surface area contributed by atoms with Gasteiger partial charge in [-0.3, -0.25) is 0 Å².